The number of halogens is 2. The van der Waals surface area contributed by atoms with E-state index >= 15 is 0 Å². The first-order valence-corrected chi connectivity index (χ1v) is 6.13. The van der Waals surface area contributed by atoms with Crippen molar-refractivity contribution in [2.24, 2.45) is 0 Å². The third-order valence-electron chi connectivity index (χ3n) is 2.62. The molecule has 0 radical (unpaired) electrons. The summed E-state index contributed by atoms with van der Waals surface area (Å²) >= 11 is 3.27. The van der Waals surface area contributed by atoms with Crippen molar-refractivity contribution in [2.45, 2.75) is 6.92 Å². The molecule has 92 valence electrons. The number of nitrogen functional groups attached to an aromatic ring is 1. The molecule has 18 heavy (non-hydrogen) atoms. The van der Waals surface area contributed by atoms with Gasteiger partial charge < -0.3 is 5.73 Å². The number of anilines is 1. The largest absolute Gasteiger partial charge is 0.399 e. The van der Waals surface area contributed by atoms with Gasteiger partial charge in [0.25, 0.3) is 0 Å². The maximum absolute atomic E-state index is 13.4. The molecule has 0 aromatic heterocycles. The van der Waals surface area contributed by atoms with E-state index in [-0.39, 0.29) is 11.6 Å². The molecule has 2 aromatic rings. The SMILES string of the molecule is Cc1ccc(C(=O)c2cc(N)cc(Br)c2)cc1F. The number of aryl methyl sites for hydroxylation is 1. The summed E-state index contributed by atoms with van der Waals surface area (Å²) in [6.07, 6.45) is 0. The van der Waals surface area contributed by atoms with Gasteiger partial charge in [0.1, 0.15) is 5.82 Å². The number of hydrogen-bond acceptors (Lipinski definition) is 2. The van der Waals surface area contributed by atoms with Crippen LogP contribution in [0.3, 0.4) is 0 Å². The van der Waals surface area contributed by atoms with Crippen molar-refractivity contribution in [3.8, 4) is 0 Å². The van der Waals surface area contributed by atoms with Crippen LogP contribution in [0.5, 0.6) is 0 Å². The van der Waals surface area contributed by atoms with Crippen LogP contribution in [0.1, 0.15) is 21.5 Å². The predicted molar refractivity (Wildman–Crippen MR) is 73.1 cm³/mol. The fourth-order valence-electron chi connectivity index (χ4n) is 1.64. The van der Waals surface area contributed by atoms with E-state index in [0.717, 1.165) is 4.47 Å². The van der Waals surface area contributed by atoms with Gasteiger partial charge >= 0.3 is 0 Å². The molecular weight excluding hydrogens is 297 g/mol. The molecule has 0 saturated heterocycles. The third-order valence-corrected chi connectivity index (χ3v) is 3.07. The minimum absolute atomic E-state index is 0.248. The Hall–Kier alpha value is -1.68. The molecule has 0 heterocycles. The second kappa shape index (κ2) is 4.90. The maximum atomic E-state index is 13.4. The average molecular weight is 308 g/mol. The summed E-state index contributed by atoms with van der Waals surface area (Å²) in [4.78, 5) is 12.2. The fraction of sp³-hybridized carbons (Fsp3) is 0.0714. The molecule has 0 aliphatic heterocycles. The van der Waals surface area contributed by atoms with Crippen LogP contribution in [0.25, 0.3) is 0 Å². The number of carbonyl (C=O) groups is 1. The van der Waals surface area contributed by atoms with E-state index in [0.29, 0.717) is 22.4 Å². The normalized spacial score (nSPS) is 10.4. The standard InChI is InChI=1S/C14H11BrFNO/c1-8-2-3-9(6-13(8)16)14(18)10-4-11(15)7-12(17)5-10/h2-7H,17H2,1H3. The van der Waals surface area contributed by atoms with Gasteiger partial charge in [-0.15, -0.1) is 0 Å². The Bertz CT molecular complexity index is 605. The Morgan fingerprint density at radius 2 is 1.89 bits per heavy atom. The zero-order valence-electron chi connectivity index (χ0n) is 9.71. The Morgan fingerprint density at radius 1 is 1.17 bits per heavy atom. The Balaban J connectivity index is 2.44. The molecule has 0 spiro atoms. The van der Waals surface area contributed by atoms with Gasteiger partial charge in [-0.3, -0.25) is 4.79 Å². The van der Waals surface area contributed by atoms with Gasteiger partial charge in [-0.05, 0) is 36.8 Å². The highest BCUT2D eigenvalue weighted by molar-refractivity contribution is 9.10. The van der Waals surface area contributed by atoms with E-state index in [2.05, 4.69) is 15.9 Å². The van der Waals surface area contributed by atoms with Crippen LogP contribution in [0.4, 0.5) is 10.1 Å². The lowest BCUT2D eigenvalue weighted by atomic mass is 10.0. The van der Waals surface area contributed by atoms with Crippen molar-refractivity contribution in [3.63, 3.8) is 0 Å². The van der Waals surface area contributed by atoms with Gasteiger partial charge in [0.15, 0.2) is 5.78 Å². The molecule has 0 amide bonds. The molecule has 2 rings (SSSR count). The van der Waals surface area contributed by atoms with Crippen molar-refractivity contribution >= 4 is 27.4 Å². The highest BCUT2D eigenvalue weighted by Gasteiger charge is 2.12. The first kappa shape index (κ1) is 12.8. The fourth-order valence-corrected chi connectivity index (χ4v) is 2.16. The molecule has 0 atom stereocenters. The molecule has 2 N–H and O–H groups in total. The number of benzene rings is 2. The number of carbonyl (C=O) groups excluding carboxylic acids is 1. The van der Waals surface area contributed by atoms with Crippen LogP contribution in [0, 0.1) is 12.7 Å². The highest BCUT2D eigenvalue weighted by Crippen LogP contribution is 2.20. The number of ketones is 1. The van der Waals surface area contributed by atoms with Crippen molar-refractivity contribution < 1.29 is 9.18 Å². The average Bonchev–Trinajstić information content (AvgIpc) is 2.30. The summed E-state index contributed by atoms with van der Waals surface area (Å²) in [5.74, 6) is -0.634. The third kappa shape index (κ3) is 2.59. The topological polar surface area (TPSA) is 43.1 Å². The molecule has 0 aliphatic carbocycles. The van der Waals surface area contributed by atoms with Crippen molar-refractivity contribution in [1.82, 2.24) is 0 Å². The van der Waals surface area contributed by atoms with Crippen molar-refractivity contribution in [1.29, 1.82) is 0 Å². The van der Waals surface area contributed by atoms with E-state index in [1.54, 1.807) is 37.3 Å². The lowest BCUT2D eigenvalue weighted by Crippen LogP contribution is -2.03. The van der Waals surface area contributed by atoms with Crippen molar-refractivity contribution in [2.75, 3.05) is 5.73 Å². The Morgan fingerprint density at radius 3 is 2.50 bits per heavy atom. The van der Waals surface area contributed by atoms with Crippen LogP contribution in [0.2, 0.25) is 0 Å². The maximum Gasteiger partial charge on any atom is 0.193 e. The van der Waals surface area contributed by atoms with E-state index in [1.807, 2.05) is 0 Å². The lowest BCUT2D eigenvalue weighted by Gasteiger charge is -2.05. The van der Waals surface area contributed by atoms with Crippen LogP contribution in [0.15, 0.2) is 40.9 Å². The summed E-state index contributed by atoms with van der Waals surface area (Å²) in [5, 5.41) is 0. The molecule has 2 aromatic carbocycles. The van der Waals surface area contributed by atoms with E-state index in [4.69, 9.17) is 5.73 Å². The first-order chi connectivity index (χ1) is 8.47. The monoisotopic (exact) mass is 307 g/mol. The Kier molecular flexibility index (Phi) is 3.48. The van der Waals surface area contributed by atoms with Crippen LogP contribution in [-0.4, -0.2) is 5.78 Å². The summed E-state index contributed by atoms with van der Waals surface area (Å²) in [6.45, 7) is 1.65. The summed E-state index contributed by atoms with van der Waals surface area (Å²) < 4.78 is 14.1. The van der Waals surface area contributed by atoms with Gasteiger partial charge in [-0.2, -0.15) is 0 Å². The molecular formula is C14H11BrFNO. The molecule has 0 fully saturated rings. The molecule has 0 unspecified atom stereocenters. The highest BCUT2D eigenvalue weighted by atomic mass is 79.9. The van der Waals surface area contributed by atoms with Crippen LogP contribution < -0.4 is 5.73 Å². The quantitative estimate of drug-likeness (QED) is 0.679. The molecule has 0 saturated carbocycles. The lowest BCUT2D eigenvalue weighted by molar-refractivity contribution is 0.103. The van der Waals surface area contributed by atoms with E-state index < -0.39 is 0 Å². The summed E-state index contributed by atoms with van der Waals surface area (Å²) in [6, 6.07) is 9.38. The van der Waals surface area contributed by atoms with Gasteiger partial charge in [-0.25, -0.2) is 4.39 Å². The molecule has 0 aliphatic rings. The first-order valence-electron chi connectivity index (χ1n) is 5.34. The van der Waals surface area contributed by atoms with Gasteiger partial charge in [0.05, 0.1) is 0 Å². The van der Waals surface area contributed by atoms with Crippen molar-refractivity contribution in [3.05, 3.63) is 63.4 Å². The minimum atomic E-state index is -0.385. The molecule has 0 bridgehead atoms. The zero-order chi connectivity index (χ0) is 13.3. The molecule has 2 nitrogen and oxygen atoms in total. The van der Waals surface area contributed by atoms with Crippen LogP contribution in [-0.2, 0) is 0 Å². The zero-order valence-corrected chi connectivity index (χ0v) is 11.3. The second-order valence-corrected chi connectivity index (χ2v) is 4.98. The Labute approximate surface area is 113 Å². The number of rotatable bonds is 2. The predicted octanol–water partition coefficient (Wildman–Crippen LogP) is 3.71. The number of hydrogen-bond donors (Lipinski definition) is 1. The summed E-state index contributed by atoms with van der Waals surface area (Å²) in [7, 11) is 0. The molecule has 4 heteroatoms. The van der Waals surface area contributed by atoms with Crippen LogP contribution >= 0.6 is 15.9 Å². The summed E-state index contributed by atoms with van der Waals surface area (Å²) in [5.41, 5.74) is 7.42. The minimum Gasteiger partial charge on any atom is -0.399 e. The van der Waals surface area contributed by atoms with Gasteiger partial charge in [0, 0.05) is 21.3 Å². The smallest absolute Gasteiger partial charge is 0.193 e. The number of nitrogens with two attached hydrogens (primary N) is 1. The van der Waals surface area contributed by atoms with E-state index in [1.165, 1.54) is 6.07 Å². The van der Waals surface area contributed by atoms with E-state index in [9.17, 15) is 9.18 Å². The van der Waals surface area contributed by atoms with Gasteiger partial charge in [-0.1, -0.05) is 28.1 Å². The second-order valence-electron chi connectivity index (χ2n) is 4.07. The van der Waals surface area contributed by atoms with Gasteiger partial charge in [0.2, 0.25) is 0 Å².